The number of amides is 1. The minimum absolute atomic E-state index is 0.420. The predicted octanol–water partition coefficient (Wildman–Crippen LogP) is 1.60. The molecular formula is C14H19NO4. The minimum Gasteiger partial charge on any atom is -0.480 e. The fourth-order valence-electron chi connectivity index (χ4n) is 1.57. The standard InChI is InChI=1S/C14H19NO4/c1-9-5-7-10(8-6-9)12(16)15-11(13(17)18)14(2,3)19-4/h5-8,11H,1-4H3,(H,15,16)(H,17,18)/t11-/m1/s1. The number of methoxy groups -OCH3 is 1. The number of carboxylic acids is 1. The van der Waals surface area contributed by atoms with Crippen molar-refractivity contribution in [1.82, 2.24) is 5.32 Å². The SMILES string of the molecule is COC(C)(C)[C@H](NC(=O)c1ccc(C)cc1)C(=O)O. The Morgan fingerprint density at radius 2 is 1.79 bits per heavy atom. The number of carboxylic acid groups (broad SMARTS) is 1. The topological polar surface area (TPSA) is 75.6 Å². The number of rotatable bonds is 5. The summed E-state index contributed by atoms with van der Waals surface area (Å²) in [7, 11) is 1.41. The second kappa shape index (κ2) is 5.84. The lowest BCUT2D eigenvalue weighted by atomic mass is 9.98. The van der Waals surface area contributed by atoms with E-state index in [-0.39, 0.29) is 0 Å². The molecule has 1 aromatic carbocycles. The lowest BCUT2D eigenvalue weighted by molar-refractivity contribution is -0.146. The van der Waals surface area contributed by atoms with E-state index >= 15 is 0 Å². The van der Waals surface area contributed by atoms with E-state index in [0.29, 0.717) is 5.56 Å². The first-order valence-corrected chi connectivity index (χ1v) is 5.93. The number of hydrogen-bond acceptors (Lipinski definition) is 3. The normalized spacial score (nSPS) is 12.8. The molecule has 0 fully saturated rings. The molecule has 0 aliphatic heterocycles. The molecule has 1 amide bonds. The summed E-state index contributed by atoms with van der Waals surface area (Å²) in [6.45, 7) is 5.14. The van der Waals surface area contributed by atoms with Crippen LogP contribution in [0, 0.1) is 6.92 Å². The highest BCUT2D eigenvalue weighted by molar-refractivity contribution is 5.96. The Labute approximate surface area is 112 Å². The average molecular weight is 265 g/mol. The summed E-state index contributed by atoms with van der Waals surface area (Å²) in [6, 6.07) is 5.79. The largest absolute Gasteiger partial charge is 0.480 e. The van der Waals surface area contributed by atoms with Crippen molar-refractivity contribution in [3.8, 4) is 0 Å². The van der Waals surface area contributed by atoms with Gasteiger partial charge in [0.2, 0.25) is 0 Å². The molecule has 0 saturated heterocycles. The highest BCUT2D eigenvalue weighted by Gasteiger charge is 2.36. The highest BCUT2D eigenvalue weighted by atomic mass is 16.5. The molecule has 0 aliphatic carbocycles. The zero-order chi connectivity index (χ0) is 14.6. The molecule has 0 saturated carbocycles. The van der Waals surface area contributed by atoms with Gasteiger partial charge in [-0.3, -0.25) is 4.79 Å². The third-order valence-electron chi connectivity index (χ3n) is 3.06. The fraction of sp³-hybridized carbons (Fsp3) is 0.429. The van der Waals surface area contributed by atoms with E-state index in [9.17, 15) is 14.7 Å². The van der Waals surface area contributed by atoms with Gasteiger partial charge >= 0.3 is 5.97 Å². The van der Waals surface area contributed by atoms with Gasteiger partial charge in [-0.1, -0.05) is 17.7 Å². The number of carbonyl (C=O) groups is 2. The molecule has 0 aromatic heterocycles. The fourth-order valence-corrected chi connectivity index (χ4v) is 1.57. The van der Waals surface area contributed by atoms with E-state index in [0.717, 1.165) is 5.56 Å². The van der Waals surface area contributed by atoms with Crippen molar-refractivity contribution < 1.29 is 19.4 Å². The maximum atomic E-state index is 12.0. The highest BCUT2D eigenvalue weighted by Crippen LogP contribution is 2.15. The minimum atomic E-state index is -1.13. The van der Waals surface area contributed by atoms with Gasteiger partial charge in [0.05, 0.1) is 5.60 Å². The molecule has 1 atom stereocenters. The van der Waals surface area contributed by atoms with Gasteiger partial charge in [0.25, 0.3) is 5.91 Å². The molecule has 0 heterocycles. The van der Waals surface area contributed by atoms with Crippen LogP contribution in [0.2, 0.25) is 0 Å². The second-order valence-electron chi connectivity index (χ2n) is 4.92. The Hall–Kier alpha value is -1.88. The Bertz CT molecular complexity index is 465. The van der Waals surface area contributed by atoms with Crippen molar-refractivity contribution in [3.63, 3.8) is 0 Å². The Morgan fingerprint density at radius 3 is 2.21 bits per heavy atom. The first-order valence-electron chi connectivity index (χ1n) is 5.93. The van der Waals surface area contributed by atoms with Crippen molar-refractivity contribution in [3.05, 3.63) is 35.4 Å². The van der Waals surface area contributed by atoms with Gasteiger partial charge < -0.3 is 15.2 Å². The van der Waals surface area contributed by atoms with Crippen molar-refractivity contribution >= 4 is 11.9 Å². The molecule has 0 spiro atoms. The lowest BCUT2D eigenvalue weighted by Gasteiger charge is -2.30. The quantitative estimate of drug-likeness (QED) is 0.848. The van der Waals surface area contributed by atoms with Crippen LogP contribution in [0.25, 0.3) is 0 Å². The first kappa shape index (κ1) is 15.2. The summed E-state index contributed by atoms with van der Waals surface area (Å²) in [5.41, 5.74) is 0.457. The number of ether oxygens (including phenoxy) is 1. The summed E-state index contributed by atoms with van der Waals surface area (Å²) >= 11 is 0. The van der Waals surface area contributed by atoms with E-state index in [1.165, 1.54) is 7.11 Å². The van der Waals surface area contributed by atoms with E-state index in [1.54, 1.807) is 38.1 Å². The van der Waals surface area contributed by atoms with Crippen LogP contribution in [0.15, 0.2) is 24.3 Å². The molecular weight excluding hydrogens is 246 g/mol. The Balaban J connectivity index is 2.89. The van der Waals surface area contributed by atoms with Gasteiger partial charge in [-0.05, 0) is 32.9 Å². The molecule has 0 unspecified atom stereocenters. The maximum absolute atomic E-state index is 12.0. The van der Waals surface area contributed by atoms with E-state index < -0.39 is 23.5 Å². The van der Waals surface area contributed by atoms with Crippen LogP contribution in [-0.4, -0.2) is 35.7 Å². The summed E-state index contributed by atoms with van der Waals surface area (Å²) in [6.07, 6.45) is 0. The number of aryl methyl sites for hydroxylation is 1. The molecule has 1 rings (SSSR count). The molecule has 19 heavy (non-hydrogen) atoms. The van der Waals surface area contributed by atoms with E-state index in [1.807, 2.05) is 6.92 Å². The third-order valence-corrected chi connectivity index (χ3v) is 3.06. The summed E-state index contributed by atoms with van der Waals surface area (Å²) in [4.78, 5) is 23.2. The van der Waals surface area contributed by atoms with Gasteiger partial charge in [-0.25, -0.2) is 4.79 Å². The zero-order valence-electron chi connectivity index (χ0n) is 11.6. The Morgan fingerprint density at radius 1 is 1.26 bits per heavy atom. The van der Waals surface area contributed by atoms with Gasteiger partial charge in [0.1, 0.15) is 0 Å². The molecule has 2 N–H and O–H groups in total. The smallest absolute Gasteiger partial charge is 0.329 e. The number of carbonyl (C=O) groups excluding carboxylic acids is 1. The molecule has 5 nitrogen and oxygen atoms in total. The zero-order valence-corrected chi connectivity index (χ0v) is 11.6. The number of nitrogens with one attached hydrogen (secondary N) is 1. The van der Waals surface area contributed by atoms with Crippen molar-refractivity contribution in [2.24, 2.45) is 0 Å². The summed E-state index contributed by atoms with van der Waals surface area (Å²) < 4.78 is 5.12. The van der Waals surface area contributed by atoms with Crippen molar-refractivity contribution in [2.45, 2.75) is 32.4 Å². The van der Waals surface area contributed by atoms with Gasteiger partial charge in [0, 0.05) is 12.7 Å². The van der Waals surface area contributed by atoms with Gasteiger partial charge in [-0.2, -0.15) is 0 Å². The predicted molar refractivity (Wildman–Crippen MR) is 71.2 cm³/mol. The van der Waals surface area contributed by atoms with Crippen molar-refractivity contribution in [2.75, 3.05) is 7.11 Å². The Kier molecular flexibility index (Phi) is 4.67. The van der Waals surface area contributed by atoms with Crippen LogP contribution in [0.1, 0.15) is 29.8 Å². The molecule has 0 bridgehead atoms. The lowest BCUT2D eigenvalue weighted by Crippen LogP contribution is -2.55. The van der Waals surface area contributed by atoms with E-state index in [4.69, 9.17) is 4.74 Å². The van der Waals surface area contributed by atoms with Crippen LogP contribution >= 0.6 is 0 Å². The van der Waals surface area contributed by atoms with Crippen LogP contribution in [0.5, 0.6) is 0 Å². The van der Waals surface area contributed by atoms with Crippen LogP contribution in [-0.2, 0) is 9.53 Å². The maximum Gasteiger partial charge on any atom is 0.329 e. The number of hydrogen-bond donors (Lipinski definition) is 2. The molecule has 0 aliphatic rings. The third kappa shape index (κ3) is 3.79. The van der Waals surface area contributed by atoms with Gasteiger partial charge in [-0.15, -0.1) is 0 Å². The van der Waals surface area contributed by atoms with Gasteiger partial charge in [0.15, 0.2) is 6.04 Å². The van der Waals surface area contributed by atoms with Crippen LogP contribution in [0.4, 0.5) is 0 Å². The molecule has 1 aromatic rings. The van der Waals surface area contributed by atoms with Crippen LogP contribution < -0.4 is 5.32 Å². The molecule has 0 radical (unpaired) electrons. The monoisotopic (exact) mass is 265 g/mol. The molecule has 104 valence electrons. The van der Waals surface area contributed by atoms with E-state index in [2.05, 4.69) is 5.32 Å². The first-order chi connectivity index (χ1) is 8.77. The number of benzene rings is 1. The molecule has 5 heteroatoms. The second-order valence-corrected chi connectivity index (χ2v) is 4.92. The van der Waals surface area contributed by atoms with Crippen LogP contribution in [0.3, 0.4) is 0 Å². The number of aliphatic carboxylic acids is 1. The summed E-state index contributed by atoms with van der Waals surface area (Å²) in [5, 5.41) is 11.7. The van der Waals surface area contributed by atoms with Crippen molar-refractivity contribution in [1.29, 1.82) is 0 Å². The summed E-state index contributed by atoms with van der Waals surface area (Å²) in [5.74, 6) is -1.56. The average Bonchev–Trinajstić information content (AvgIpc) is 2.35.